The third-order valence-electron chi connectivity index (χ3n) is 4.46. The molecule has 118 valence electrons. The summed E-state index contributed by atoms with van der Waals surface area (Å²) in [6.07, 6.45) is 1.41. The standard InChI is InChI=1S/C17H16ClN3OS/c18-12-1-2-14-13(9-12)15(11-3-8-23-10-11)21-17(16(22)20-14)4-6-19-7-5-17/h1-3,8-10,19H,4-7H2,(H,20,22). The second-order valence-electron chi connectivity index (χ2n) is 5.90. The number of halogens is 1. The molecule has 1 fully saturated rings. The second-order valence-corrected chi connectivity index (χ2v) is 7.11. The molecule has 2 aliphatic rings. The number of rotatable bonds is 1. The van der Waals surface area contributed by atoms with Crippen molar-refractivity contribution in [1.29, 1.82) is 0 Å². The molecule has 0 bridgehead atoms. The van der Waals surface area contributed by atoms with Gasteiger partial charge in [0, 0.05) is 21.5 Å². The van der Waals surface area contributed by atoms with E-state index >= 15 is 0 Å². The molecule has 4 nitrogen and oxygen atoms in total. The summed E-state index contributed by atoms with van der Waals surface area (Å²) in [5.74, 6) is -0.0206. The first-order valence-corrected chi connectivity index (χ1v) is 8.95. The number of nitrogens with one attached hydrogen (secondary N) is 2. The van der Waals surface area contributed by atoms with E-state index in [0.29, 0.717) is 17.9 Å². The van der Waals surface area contributed by atoms with Crippen LogP contribution >= 0.6 is 22.9 Å². The van der Waals surface area contributed by atoms with Crippen LogP contribution in [0.4, 0.5) is 5.69 Å². The van der Waals surface area contributed by atoms with Gasteiger partial charge in [0.1, 0.15) is 5.54 Å². The first-order chi connectivity index (χ1) is 11.2. The average molecular weight is 346 g/mol. The molecule has 2 aromatic rings. The monoisotopic (exact) mass is 345 g/mol. The lowest BCUT2D eigenvalue weighted by Crippen LogP contribution is -2.49. The van der Waals surface area contributed by atoms with E-state index in [4.69, 9.17) is 16.6 Å². The van der Waals surface area contributed by atoms with Crippen molar-refractivity contribution in [2.45, 2.75) is 18.4 Å². The molecule has 1 saturated heterocycles. The van der Waals surface area contributed by atoms with E-state index in [9.17, 15) is 4.79 Å². The molecular weight excluding hydrogens is 330 g/mol. The highest BCUT2D eigenvalue weighted by atomic mass is 35.5. The van der Waals surface area contributed by atoms with Crippen LogP contribution in [0.15, 0.2) is 40.0 Å². The normalized spacial score (nSPS) is 19.7. The summed E-state index contributed by atoms with van der Waals surface area (Å²) in [4.78, 5) is 17.9. The maximum absolute atomic E-state index is 12.9. The minimum Gasteiger partial charge on any atom is -0.323 e. The molecule has 4 rings (SSSR count). The molecule has 23 heavy (non-hydrogen) atoms. The molecule has 2 N–H and O–H groups in total. The fourth-order valence-corrected chi connectivity index (χ4v) is 4.00. The summed E-state index contributed by atoms with van der Waals surface area (Å²) in [5, 5.41) is 11.1. The number of aliphatic imine (C=N–C) groups is 1. The van der Waals surface area contributed by atoms with Gasteiger partial charge in [-0.2, -0.15) is 11.3 Å². The number of hydrogen-bond acceptors (Lipinski definition) is 4. The lowest BCUT2D eigenvalue weighted by molar-refractivity contribution is -0.121. The Hall–Kier alpha value is -1.69. The number of carbonyl (C=O) groups excluding carboxylic acids is 1. The molecular formula is C17H16ClN3OS. The zero-order valence-corrected chi connectivity index (χ0v) is 14.0. The molecule has 1 amide bonds. The van der Waals surface area contributed by atoms with Crippen molar-refractivity contribution < 1.29 is 4.79 Å². The number of carbonyl (C=O) groups is 1. The molecule has 0 saturated carbocycles. The van der Waals surface area contributed by atoms with Gasteiger partial charge in [0.25, 0.3) is 5.91 Å². The molecule has 2 aliphatic heterocycles. The van der Waals surface area contributed by atoms with Crippen LogP contribution in [0.25, 0.3) is 0 Å². The molecule has 0 atom stereocenters. The lowest BCUT2D eigenvalue weighted by Gasteiger charge is -2.32. The highest BCUT2D eigenvalue weighted by Crippen LogP contribution is 2.34. The summed E-state index contributed by atoms with van der Waals surface area (Å²) in [6.45, 7) is 1.59. The van der Waals surface area contributed by atoms with Gasteiger partial charge in [-0.3, -0.25) is 9.79 Å². The predicted molar refractivity (Wildman–Crippen MR) is 94.9 cm³/mol. The first-order valence-electron chi connectivity index (χ1n) is 7.62. The van der Waals surface area contributed by atoms with Crippen molar-refractivity contribution >= 4 is 40.2 Å². The van der Waals surface area contributed by atoms with Gasteiger partial charge in [-0.05, 0) is 55.6 Å². The zero-order chi connectivity index (χ0) is 15.9. The zero-order valence-electron chi connectivity index (χ0n) is 12.4. The Morgan fingerprint density at radius 2 is 2.04 bits per heavy atom. The summed E-state index contributed by atoms with van der Waals surface area (Å²) >= 11 is 7.82. The number of amides is 1. The van der Waals surface area contributed by atoms with Crippen LogP contribution in [-0.4, -0.2) is 30.2 Å². The first kappa shape index (κ1) is 14.9. The molecule has 0 radical (unpaired) electrons. The summed E-state index contributed by atoms with van der Waals surface area (Å²) in [7, 11) is 0. The van der Waals surface area contributed by atoms with Gasteiger partial charge in [0.15, 0.2) is 0 Å². The Labute approximate surface area is 143 Å². The van der Waals surface area contributed by atoms with Crippen molar-refractivity contribution in [1.82, 2.24) is 5.32 Å². The average Bonchev–Trinajstić information content (AvgIpc) is 3.06. The Kier molecular flexibility index (Phi) is 3.71. The fourth-order valence-electron chi connectivity index (χ4n) is 3.18. The van der Waals surface area contributed by atoms with Gasteiger partial charge in [0.2, 0.25) is 0 Å². The number of benzene rings is 1. The van der Waals surface area contributed by atoms with E-state index in [-0.39, 0.29) is 5.91 Å². The summed E-state index contributed by atoms with van der Waals surface area (Å²) in [5.41, 5.74) is 2.85. The third kappa shape index (κ3) is 2.59. The fraction of sp³-hybridized carbons (Fsp3) is 0.294. The van der Waals surface area contributed by atoms with Gasteiger partial charge in [0.05, 0.1) is 11.4 Å². The van der Waals surface area contributed by atoms with Crippen LogP contribution in [-0.2, 0) is 4.79 Å². The highest BCUT2D eigenvalue weighted by Gasteiger charge is 2.42. The van der Waals surface area contributed by atoms with Gasteiger partial charge >= 0.3 is 0 Å². The molecule has 3 heterocycles. The van der Waals surface area contributed by atoms with E-state index in [0.717, 1.165) is 35.6 Å². The van der Waals surface area contributed by atoms with E-state index in [1.54, 1.807) is 17.4 Å². The van der Waals surface area contributed by atoms with Crippen LogP contribution in [0.2, 0.25) is 5.02 Å². The number of anilines is 1. The SMILES string of the molecule is O=C1Nc2ccc(Cl)cc2C(c2ccsc2)=NC12CCNCC2. The predicted octanol–water partition coefficient (Wildman–Crippen LogP) is 3.31. The largest absolute Gasteiger partial charge is 0.323 e. The van der Waals surface area contributed by atoms with E-state index in [2.05, 4.69) is 16.0 Å². The van der Waals surface area contributed by atoms with Crippen LogP contribution in [0, 0.1) is 0 Å². The van der Waals surface area contributed by atoms with Crippen LogP contribution in [0.1, 0.15) is 24.0 Å². The van der Waals surface area contributed by atoms with Crippen LogP contribution in [0.3, 0.4) is 0 Å². The Morgan fingerprint density at radius 3 is 2.78 bits per heavy atom. The quantitative estimate of drug-likeness (QED) is 0.833. The Balaban J connectivity index is 1.94. The Morgan fingerprint density at radius 1 is 1.22 bits per heavy atom. The van der Waals surface area contributed by atoms with Crippen molar-refractivity contribution in [3.63, 3.8) is 0 Å². The molecule has 0 aliphatic carbocycles. The second kappa shape index (κ2) is 5.74. The van der Waals surface area contributed by atoms with E-state index in [1.165, 1.54) is 0 Å². The van der Waals surface area contributed by atoms with E-state index in [1.807, 2.05) is 23.6 Å². The number of piperidine rings is 1. The number of fused-ring (bicyclic) bond motifs is 1. The highest BCUT2D eigenvalue weighted by molar-refractivity contribution is 7.08. The summed E-state index contributed by atoms with van der Waals surface area (Å²) < 4.78 is 0. The van der Waals surface area contributed by atoms with Crippen LogP contribution < -0.4 is 10.6 Å². The van der Waals surface area contributed by atoms with Gasteiger partial charge in [-0.25, -0.2) is 0 Å². The minimum absolute atomic E-state index is 0.0206. The smallest absolute Gasteiger partial charge is 0.252 e. The maximum atomic E-state index is 12.9. The van der Waals surface area contributed by atoms with Crippen molar-refractivity contribution in [2.24, 2.45) is 4.99 Å². The lowest BCUT2D eigenvalue weighted by atomic mass is 9.87. The van der Waals surface area contributed by atoms with Crippen molar-refractivity contribution in [3.05, 3.63) is 51.2 Å². The van der Waals surface area contributed by atoms with Gasteiger partial charge < -0.3 is 10.6 Å². The number of thiophene rings is 1. The third-order valence-corrected chi connectivity index (χ3v) is 5.38. The van der Waals surface area contributed by atoms with Crippen molar-refractivity contribution in [2.75, 3.05) is 18.4 Å². The van der Waals surface area contributed by atoms with Gasteiger partial charge in [-0.1, -0.05) is 11.6 Å². The maximum Gasteiger partial charge on any atom is 0.252 e. The molecule has 0 unspecified atom stereocenters. The van der Waals surface area contributed by atoms with Gasteiger partial charge in [-0.15, -0.1) is 0 Å². The number of hydrogen-bond donors (Lipinski definition) is 2. The van der Waals surface area contributed by atoms with Crippen LogP contribution in [0.5, 0.6) is 0 Å². The molecule has 6 heteroatoms. The van der Waals surface area contributed by atoms with E-state index < -0.39 is 5.54 Å². The van der Waals surface area contributed by atoms with Crippen molar-refractivity contribution in [3.8, 4) is 0 Å². The molecule has 1 spiro atoms. The minimum atomic E-state index is -0.700. The summed E-state index contributed by atoms with van der Waals surface area (Å²) in [6, 6.07) is 7.58. The number of nitrogens with zero attached hydrogens (tertiary/aromatic N) is 1. The Bertz CT molecular complexity index is 779. The molecule has 1 aromatic heterocycles. The topological polar surface area (TPSA) is 53.5 Å². The molecule has 1 aromatic carbocycles.